The van der Waals surface area contributed by atoms with Gasteiger partial charge in [0.15, 0.2) is 16.3 Å². The third kappa shape index (κ3) is 4.71. The lowest BCUT2D eigenvalue weighted by molar-refractivity contribution is -0.139. The van der Waals surface area contributed by atoms with Gasteiger partial charge in [-0.15, -0.1) is 0 Å². The topological polar surface area (TPSA) is 88.4 Å². The fraction of sp³-hybridized carbons (Fsp3) is 0.233. The molecule has 40 heavy (non-hydrogen) atoms. The van der Waals surface area contributed by atoms with Gasteiger partial charge in [-0.25, -0.2) is 9.79 Å². The van der Waals surface area contributed by atoms with Crippen LogP contribution in [0, 0.1) is 0 Å². The summed E-state index contributed by atoms with van der Waals surface area (Å²) in [4.78, 5) is 32.7. The standard InChI is InChI=1S/C30H27BrN2O6S/c1-6-39-29(35)24-16(2)32-30-33(26(24)25-19-10-8-7-9-18(19)11-12-21(25)36-3)28(34)23(40-30)15-17-13-20(31)27(38-5)22(14-17)37-4/h7-15,26H,6H2,1-5H3/b23-15-/t26-/m0/s1. The van der Waals surface area contributed by atoms with Gasteiger partial charge < -0.3 is 18.9 Å². The number of ether oxygens (including phenoxy) is 4. The first kappa shape index (κ1) is 27.7. The van der Waals surface area contributed by atoms with Gasteiger partial charge in [-0.3, -0.25) is 9.36 Å². The molecular weight excluding hydrogens is 596 g/mol. The van der Waals surface area contributed by atoms with Crippen molar-refractivity contribution in [3.63, 3.8) is 0 Å². The molecule has 8 nitrogen and oxygen atoms in total. The van der Waals surface area contributed by atoms with Crippen molar-refractivity contribution < 1.29 is 23.7 Å². The smallest absolute Gasteiger partial charge is 0.338 e. The largest absolute Gasteiger partial charge is 0.496 e. The molecular formula is C30H27BrN2O6S. The summed E-state index contributed by atoms with van der Waals surface area (Å²) in [5.41, 5.74) is 1.92. The normalized spacial score (nSPS) is 15.1. The van der Waals surface area contributed by atoms with E-state index in [0.29, 0.717) is 47.9 Å². The van der Waals surface area contributed by atoms with Gasteiger partial charge >= 0.3 is 5.97 Å². The molecule has 0 radical (unpaired) electrons. The molecule has 4 aromatic rings. The highest BCUT2D eigenvalue weighted by molar-refractivity contribution is 9.10. The molecule has 0 aliphatic carbocycles. The monoisotopic (exact) mass is 622 g/mol. The summed E-state index contributed by atoms with van der Waals surface area (Å²) < 4.78 is 24.9. The first-order chi connectivity index (χ1) is 19.3. The zero-order valence-electron chi connectivity index (χ0n) is 22.6. The van der Waals surface area contributed by atoms with Crippen LogP contribution in [0.1, 0.15) is 31.0 Å². The fourth-order valence-electron chi connectivity index (χ4n) is 4.97. The van der Waals surface area contributed by atoms with E-state index in [4.69, 9.17) is 18.9 Å². The van der Waals surface area contributed by atoms with E-state index in [1.165, 1.54) is 11.3 Å². The summed E-state index contributed by atoms with van der Waals surface area (Å²) in [7, 11) is 4.69. The van der Waals surface area contributed by atoms with Crippen LogP contribution in [0.3, 0.4) is 0 Å². The molecule has 0 amide bonds. The molecule has 1 atom stereocenters. The highest BCUT2D eigenvalue weighted by atomic mass is 79.9. The molecule has 10 heteroatoms. The number of rotatable bonds is 7. The molecule has 1 aliphatic rings. The highest BCUT2D eigenvalue weighted by Gasteiger charge is 2.36. The minimum atomic E-state index is -0.810. The Kier molecular flexibility index (Phi) is 7.82. The lowest BCUT2D eigenvalue weighted by atomic mass is 9.90. The Balaban J connectivity index is 1.82. The van der Waals surface area contributed by atoms with E-state index in [0.717, 1.165) is 16.3 Å². The van der Waals surface area contributed by atoms with Crippen LogP contribution < -0.4 is 29.1 Å². The summed E-state index contributed by atoms with van der Waals surface area (Å²) in [5.74, 6) is 1.11. The van der Waals surface area contributed by atoms with Gasteiger partial charge in [-0.2, -0.15) is 0 Å². The average molecular weight is 624 g/mol. The number of fused-ring (bicyclic) bond motifs is 2. The predicted molar refractivity (Wildman–Crippen MR) is 158 cm³/mol. The van der Waals surface area contributed by atoms with Crippen LogP contribution in [0.4, 0.5) is 0 Å². The molecule has 0 bridgehead atoms. The number of aromatic nitrogens is 1. The molecule has 0 saturated carbocycles. The SMILES string of the molecule is CCOC(=O)C1=C(C)N=c2s/c(=C\c3cc(Br)c(OC)c(OC)c3)c(=O)n2[C@@H]1c1c(OC)ccc2ccccc12. The zero-order chi connectivity index (χ0) is 28.6. The van der Waals surface area contributed by atoms with E-state index < -0.39 is 12.0 Å². The molecule has 0 fully saturated rings. The number of hydrogen-bond donors (Lipinski definition) is 0. The van der Waals surface area contributed by atoms with Gasteiger partial charge in [0.2, 0.25) is 0 Å². The molecule has 1 aromatic heterocycles. The van der Waals surface area contributed by atoms with Gasteiger partial charge in [-0.05, 0) is 70.4 Å². The molecule has 0 spiro atoms. The van der Waals surface area contributed by atoms with Crippen LogP contribution in [0.15, 0.2) is 74.1 Å². The first-order valence-corrected chi connectivity index (χ1v) is 14.1. The first-order valence-electron chi connectivity index (χ1n) is 12.5. The number of hydrogen-bond acceptors (Lipinski definition) is 8. The van der Waals surface area contributed by atoms with E-state index >= 15 is 0 Å². The Hall–Kier alpha value is -3.89. The number of thiazole rings is 1. The Bertz CT molecular complexity index is 1860. The summed E-state index contributed by atoms with van der Waals surface area (Å²) >= 11 is 4.77. The highest BCUT2D eigenvalue weighted by Crippen LogP contribution is 2.40. The Morgan fingerprint density at radius 1 is 1.07 bits per heavy atom. The van der Waals surface area contributed by atoms with Crippen molar-refractivity contribution in [3.8, 4) is 17.2 Å². The molecule has 206 valence electrons. The number of benzene rings is 3. The maximum Gasteiger partial charge on any atom is 0.338 e. The van der Waals surface area contributed by atoms with Crippen LogP contribution in [-0.4, -0.2) is 38.5 Å². The summed E-state index contributed by atoms with van der Waals surface area (Å²) in [5, 5.41) is 1.82. The van der Waals surface area contributed by atoms with Crippen molar-refractivity contribution in [3.05, 3.63) is 95.1 Å². The molecule has 5 rings (SSSR count). The number of carbonyl (C=O) groups is 1. The summed E-state index contributed by atoms with van der Waals surface area (Å²) in [6, 6.07) is 14.4. The van der Waals surface area contributed by atoms with Gasteiger partial charge in [0, 0.05) is 5.56 Å². The van der Waals surface area contributed by atoms with Crippen LogP contribution in [0.25, 0.3) is 16.8 Å². The summed E-state index contributed by atoms with van der Waals surface area (Å²) in [6.07, 6.45) is 1.78. The number of esters is 1. The van der Waals surface area contributed by atoms with E-state index in [-0.39, 0.29) is 12.2 Å². The molecule has 2 heterocycles. The second-order valence-electron chi connectivity index (χ2n) is 8.94. The van der Waals surface area contributed by atoms with E-state index in [1.807, 2.05) is 42.5 Å². The minimum absolute atomic E-state index is 0.188. The lowest BCUT2D eigenvalue weighted by Crippen LogP contribution is -2.40. The Labute approximate surface area is 242 Å². The van der Waals surface area contributed by atoms with Gasteiger partial charge in [0.05, 0.1) is 48.2 Å². The third-order valence-corrected chi connectivity index (χ3v) is 8.27. The van der Waals surface area contributed by atoms with Gasteiger partial charge in [0.25, 0.3) is 5.56 Å². The minimum Gasteiger partial charge on any atom is -0.496 e. The number of nitrogens with zero attached hydrogens (tertiary/aromatic N) is 2. The second kappa shape index (κ2) is 11.3. The summed E-state index contributed by atoms with van der Waals surface area (Å²) in [6.45, 7) is 3.70. The second-order valence-corrected chi connectivity index (χ2v) is 10.8. The van der Waals surface area contributed by atoms with Crippen molar-refractivity contribution in [1.29, 1.82) is 0 Å². The van der Waals surface area contributed by atoms with Crippen LogP contribution in [0.5, 0.6) is 17.2 Å². The van der Waals surface area contributed by atoms with Crippen molar-refractivity contribution in [2.45, 2.75) is 19.9 Å². The maximum absolute atomic E-state index is 14.1. The molecule has 0 saturated heterocycles. The number of methoxy groups -OCH3 is 3. The zero-order valence-corrected chi connectivity index (χ0v) is 25.0. The molecule has 0 unspecified atom stereocenters. The Morgan fingerprint density at radius 3 is 2.52 bits per heavy atom. The van der Waals surface area contributed by atoms with E-state index in [1.54, 1.807) is 51.9 Å². The van der Waals surface area contributed by atoms with E-state index in [2.05, 4.69) is 20.9 Å². The lowest BCUT2D eigenvalue weighted by Gasteiger charge is -2.27. The van der Waals surface area contributed by atoms with Gasteiger partial charge in [-0.1, -0.05) is 41.7 Å². The maximum atomic E-state index is 14.1. The number of allylic oxidation sites excluding steroid dienone is 1. The van der Waals surface area contributed by atoms with Crippen molar-refractivity contribution in [1.82, 2.24) is 4.57 Å². The van der Waals surface area contributed by atoms with Crippen molar-refractivity contribution in [2.75, 3.05) is 27.9 Å². The predicted octanol–water partition coefficient (Wildman–Crippen LogP) is 4.74. The fourth-order valence-corrected chi connectivity index (χ4v) is 6.64. The van der Waals surface area contributed by atoms with Crippen LogP contribution >= 0.6 is 27.3 Å². The molecule has 3 aromatic carbocycles. The Morgan fingerprint density at radius 2 is 1.82 bits per heavy atom. The molecule has 1 aliphatic heterocycles. The van der Waals surface area contributed by atoms with Crippen LogP contribution in [-0.2, 0) is 9.53 Å². The van der Waals surface area contributed by atoms with Crippen LogP contribution in [0.2, 0.25) is 0 Å². The number of halogens is 1. The average Bonchev–Trinajstić information content (AvgIpc) is 3.25. The number of carbonyl (C=O) groups excluding carboxylic acids is 1. The van der Waals surface area contributed by atoms with Crippen molar-refractivity contribution >= 4 is 50.1 Å². The van der Waals surface area contributed by atoms with Gasteiger partial charge in [0.1, 0.15) is 11.8 Å². The third-order valence-electron chi connectivity index (χ3n) is 6.69. The van der Waals surface area contributed by atoms with E-state index in [9.17, 15) is 9.59 Å². The quantitative estimate of drug-likeness (QED) is 0.277. The van der Waals surface area contributed by atoms with Crippen molar-refractivity contribution in [2.24, 2.45) is 4.99 Å². The molecule has 0 N–H and O–H groups in total.